The summed E-state index contributed by atoms with van der Waals surface area (Å²) < 4.78 is 5.69. The number of para-hydroxylation sites is 1. The molecule has 1 N–H and O–H groups in total. The molecule has 3 heteroatoms. The van der Waals surface area contributed by atoms with Crippen molar-refractivity contribution in [2.24, 2.45) is 5.92 Å². The third-order valence-corrected chi connectivity index (χ3v) is 3.05. The van der Waals surface area contributed by atoms with E-state index < -0.39 is 6.10 Å². The Morgan fingerprint density at radius 2 is 1.83 bits per heavy atom. The van der Waals surface area contributed by atoms with E-state index in [0.717, 1.165) is 5.75 Å². The lowest BCUT2D eigenvalue weighted by molar-refractivity contribution is -0.129. The minimum Gasteiger partial charge on any atom is -0.481 e. The average molecular weight is 249 g/mol. The minimum atomic E-state index is -0.423. The summed E-state index contributed by atoms with van der Waals surface area (Å²) in [6.07, 6.45) is 0.236. The fourth-order valence-electron chi connectivity index (χ4n) is 1.47. The van der Waals surface area contributed by atoms with Crippen molar-refractivity contribution in [1.82, 2.24) is 5.32 Å². The van der Waals surface area contributed by atoms with Crippen molar-refractivity contribution >= 4 is 5.91 Å². The molecule has 0 saturated heterocycles. The number of carbonyl (C=O) groups is 1. The Kier molecular flexibility index (Phi) is 5.69. The van der Waals surface area contributed by atoms with Gasteiger partial charge in [-0.25, -0.2) is 0 Å². The molecule has 0 aliphatic carbocycles. The molecule has 18 heavy (non-hydrogen) atoms. The molecule has 0 bridgehead atoms. The largest absolute Gasteiger partial charge is 0.481 e. The van der Waals surface area contributed by atoms with Crippen LogP contribution in [0.25, 0.3) is 0 Å². The smallest absolute Gasteiger partial charge is 0.261 e. The van der Waals surface area contributed by atoms with Crippen LogP contribution in [0.4, 0.5) is 0 Å². The zero-order valence-corrected chi connectivity index (χ0v) is 11.6. The number of ether oxygens (including phenoxy) is 1. The van der Waals surface area contributed by atoms with Gasteiger partial charge < -0.3 is 10.1 Å². The van der Waals surface area contributed by atoms with Gasteiger partial charge >= 0.3 is 0 Å². The minimum absolute atomic E-state index is 0.0393. The predicted octanol–water partition coefficient (Wildman–Crippen LogP) is 3.00. The monoisotopic (exact) mass is 249 g/mol. The van der Waals surface area contributed by atoms with Gasteiger partial charge in [-0.05, 0) is 31.4 Å². The Labute approximate surface area is 110 Å². The highest BCUT2D eigenvalue weighted by Crippen LogP contribution is 2.13. The van der Waals surface area contributed by atoms with Crippen LogP contribution >= 0.6 is 0 Å². The van der Waals surface area contributed by atoms with Crippen molar-refractivity contribution in [3.05, 3.63) is 30.3 Å². The van der Waals surface area contributed by atoms with Crippen LogP contribution in [0.3, 0.4) is 0 Å². The van der Waals surface area contributed by atoms with Crippen LogP contribution in [0.5, 0.6) is 5.75 Å². The third-order valence-electron chi connectivity index (χ3n) is 3.05. The Hall–Kier alpha value is -1.51. The van der Waals surface area contributed by atoms with E-state index in [2.05, 4.69) is 19.2 Å². The summed E-state index contributed by atoms with van der Waals surface area (Å²) in [6, 6.07) is 9.61. The number of hydrogen-bond acceptors (Lipinski definition) is 2. The van der Waals surface area contributed by atoms with E-state index in [9.17, 15) is 4.79 Å². The molecule has 3 nitrogen and oxygen atoms in total. The van der Waals surface area contributed by atoms with Gasteiger partial charge in [0.15, 0.2) is 6.10 Å². The number of hydrogen-bond donors (Lipinski definition) is 1. The molecule has 0 spiro atoms. The molecule has 0 radical (unpaired) electrons. The van der Waals surface area contributed by atoms with E-state index in [4.69, 9.17) is 4.74 Å². The fourth-order valence-corrected chi connectivity index (χ4v) is 1.47. The first kappa shape index (κ1) is 14.6. The lowest BCUT2D eigenvalue weighted by Crippen LogP contribution is -2.44. The summed E-state index contributed by atoms with van der Waals surface area (Å²) in [5.41, 5.74) is 0. The van der Waals surface area contributed by atoms with Crippen LogP contribution < -0.4 is 10.1 Å². The summed E-state index contributed by atoms with van der Waals surface area (Å²) in [4.78, 5) is 12.1. The topological polar surface area (TPSA) is 38.3 Å². The maximum absolute atomic E-state index is 12.1. The van der Waals surface area contributed by atoms with E-state index in [1.807, 2.05) is 44.2 Å². The molecule has 0 unspecified atom stereocenters. The highest BCUT2D eigenvalue weighted by Gasteiger charge is 2.20. The quantitative estimate of drug-likeness (QED) is 0.841. The fraction of sp³-hybridized carbons (Fsp3) is 0.533. The second kappa shape index (κ2) is 7.04. The molecule has 0 heterocycles. The van der Waals surface area contributed by atoms with Crippen molar-refractivity contribution in [3.8, 4) is 5.75 Å². The van der Waals surface area contributed by atoms with Gasteiger partial charge in [-0.2, -0.15) is 0 Å². The third kappa shape index (κ3) is 4.40. The van der Waals surface area contributed by atoms with E-state index in [-0.39, 0.29) is 11.9 Å². The standard InChI is InChI=1S/C15H23NO2/c1-5-14(15(17)16-12(4)11(2)3)18-13-9-7-6-8-10-13/h6-12,14H,5H2,1-4H3,(H,16,17)/t12-,14-/m1/s1. The number of benzene rings is 1. The maximum Gasteiger partial charge on any atom is 0.261 e. The van der Waals surface area contributed by atoms with Crippen molar-refractivity contribution in [2.75, 3.05) is 0 Å². The summed E-state index contributed by atoms with van der Waals surface area (Å²) in [7, 11) is 0. The van der Waals surface area contributed by atoms with Gasteiger partial charge in [0.2, 0.25) is 0 Å². The molecule has 0 aliphatic heterocycles. The Balaban J connectivity index is 2.58. The second-order valence-corrected chi connectivity index (χ2v) is 4.87. The van der Waals surface area contributed by atoms with E-state index in [1.165, 1.54) is 0 Å². The van der Waals surface area contributed by atoms with Gasteiger partial charge in [0.1, 0.15) is 5.75 Å². The predicted molar refractivity (Wildman–Crippen MR) is 73.6 cm³/mol. The Morgan fingerprint density at radius 1 is 1.22 bits per heavy atom. The number of amides is 1. The second-order valence-electron chi connectivity index (χ2n) is 4.87. The summed E-state index contributed by atoms with van der Waals surface area (Å²) >= 11 is 0. The Bertz CT molecular complexity index is 362. The zero-order valence-electron chi connectivity index (χ0n) is 11.6. The van der Waals surface area contributed by atoms with Gasteiger partial charge in [-0.15, -0.1) is 0 Å². The highest BCUT2D eigenvalue weighted by atomic mass is 16.5. The molecule has 2 atom stereocenters. The Morgan fingerprint density at radius 3 is 2.33 bits per heavy atom. The highest BCUT2D eigenvalue weighted by molar-refractivity contribution is 5.81. The lowest BCUT2D eigenvalue weighted by Gasteiger charge is -2.22. The van der Waals surface area contributed by atoms with Gasteiger partial charge in [-0.1, -0.05) is 39.0 Å². The van der Waals surface area contributed by atoms with Crippen molar-refractivity contribution in [1.29, 1.82) is 0 Å². The average Bonchev–Trinajstić information content (AvgIpc) is 2.36. The van der Waals surface area contributed by atoms with E-state index >= 15 is 0 Å². The van der Waals surface area contributed by atoms with Crippen molar-refractivity contribution in [3.63, 3.8) is 0 Å². The van der Waals surface area contributed by atoms with E-state index in [0.29, 0.717) is 12.3 Å². The number of nitrogens with one attached hydrogen (secondary N) is 1. The van der Waals surface area contributed by atoms with Crippen molar-refractivity contribution in [2.45, 2.75) is 46.3 Å². The molecule has 0 aromatic heterocycles. The molecule has 1 aromatic rings. The summed E-state index contributed by atoms with van der Waals surface area (Å²) in [5.74, 6) is 1.11. The molecule has 0 aliphatic rings. The molecule has 1 rings (SSSR count). The maximum atomic E-state index is 12.1. The van der Waals surface area contributed by atoms with Gasteiger partial charge in [0.05, 0.1) is 0 Å². The SMILES string of the molecule is CC[C@@H](Oc1ccccc1)C(=O)N[C@H](C)C(C)C. The number of carbonyl (C=O) groups excluding carboxylic acids is 1. The first-order valence-electron chi connectivity index (χ1n) is 6.56. The van der Waals surface area contributed by atoms with Crippen LogP contribution in [0.15, 0.2) is 30.3 Å². The molecule has 1 amide bonds. The van der Waals surface area contributed by atoms with Crippen LogP contribution in [0, 0.1) is 5.92 Å². The molecule has 100 valence electrons. The first-order chi connectivity index (χ1) is 8.54. The van der Waals surface area contributed by atoms with Gasteiger partial charge in [0.25, 0.3) is 5.91 Å². The molecule has 1 aromatic carbocycles. The lowest BCUT2D eigenvalue weighted by atomic mass is 10.1. The van der Waals surface area contributed by atoms with E-state index in [1.54, 1.807) is 0 Å². The van der Waals surface area contributed by atoms with Crippen LogP contribution in [0.2, 0.25) is 0 Å². The van der Waals surface area contributed by atoms with Crippen molar-refractivity contribution < 1.29 is 9.53 Å². The summed E-state index contributed by atoms with van der Waals surface area (Å²) in [6.45, 7) is 8.14. The number of rotatable bonds is 6. The van der Waals surface area contributed by atoms with Gasteiger partial charge in [0, 0.05) is 6.04 Å². The van der Waals surface area contributed by atoms with Gasteiger partial charge in [-0.3, -0.25) is 4.79 Å². The van der Waals surface area contributed by atoms with Crippen LogP contribution in [0.1, 0.15) is 34.1 Å². The first-order valence-corrected chi connectivity index (χ1v) is 6.56. The molecular weight excluding hydrogens is 226 g/mol. The van der Waals surface area contributed by atoms with Crippen LogP contribution in [-0.2, 0) is 4.79 Å². The zero-order chi connectivity index (χ0) is 13.5. The normalized spacial score (nSPS) is 14.1. The molecular formula is C15H23NO2. The van der Waals surface area contributed by atoms with Crippen LogP contribution in [-0.4, -0.2) is 18.1 Å². The molecule has 0 fully saturated rings. The molecule has 0 saturated carbocycles. The summed E-state index contributed by atoms with van der Waals surface area (Å²) in [5, 5.41) is 2.99.